The molecule has 4 heteroatoms. The van der Waals surface area contributed by atoms with Gasteiger partial charge in [-0.2, -0.15) is 4.98 Å². The van der Waals surface area contributed by atoms with Crippen molar-refractivity contribution >= 4 is 22.7 Å². The van der Waals surface area contributed by atoms with E-state index in [1.54, 1.807) is 0 Å². The van der Waals surface area contributed by atoms with Gasteiger partial charge in [0.05, 0.1) is 5.52 Å². The van der Waals surface area contributed by atoms with E-state index in [1.807, 2.05) is 18.2 Å². The molecule has 1 saturated carbocycles. The molecule has 0 spiro atoms. The van der Waals surface area contributed by atoms with E-state index in [-0.39, 0.29) is 0 Å². The Balaban J connectivity index is 1.98. The van der Waals surface area contributed by atoms with Crippen LogP contribution in [0.1, 0.15) is 26.2 Å². The van der Waals surface area contributed by atoms with Crippen molar-refractivity contribution < 1.29 is 0 Å². The second kappa shape index (κ2) is 4.80. The predicted octanol–water partition coefficient (Wildman–Crippen LogP) is 3.03. The number of aromatic nitrogens is 2. The van der Waals surface area contributed by atoms with Crippen LogP contribution < -0.4 is 10.6 Å². The minimum absolute atomic E-state index is 0.599. The number of hydrogen-bond acceptors (Lipinski definition) is 4. The molecule has 94 valence electrons. The highest BCUT2D eigenvalue weighted by Crippen LogP contribution is 2.28. The highest BCUT2D eigenvalue weighted by Gasteiger charge is 2.22. The van der Waals surface area contributed by atoms with Gasteiger partial charge in [-0.1, -0.05) is 19.1 Å². The first-order valence-electron chi connectivity index (χ1n) is 6.64. The maximum Gasteiger partial charge on any atom is 0.225 e. The summed E-state index contributed by atoms with van der Waals surface area (Å²) in [6.45, 7) is 3.04. The van der Waals surface area contributed by atoms with Crippen LogP contribution in [0.2, 0.25) is 0 Å². The van der Waals surface area contributed by atoms with Gasteiger partial charge in [0.15, 0.2) is 0 Å². The fourth-order valence-corrected chi connectivity index (χ4v) is 1.92. The van der Waals surface area contributed by atoms with Crippen molar-refractivity contribution in [1.82, 2.24) is 9.97 Å². The molecule has 2 N–H and O–H groups in total. The smallest absolute Gasteiger partial charge is 0.225 e. The summed E-state index contributed by atoms with van der Waals surface area (Å²) in [6, 6.07) is 8.75. The van der Waals surface area contributed by atoms with E-state index in [2.05, 4.69) is 33.6 Å². The van der Waals surface area contributed by atoms with E-state index in [4.69, 9.17) is 0 Å². The molecule has 4 nitrogen and oxygen atoms in total. The molecular weight excluding hydrogens is 224 g/mol. The van der Waals surface area contributed by atoms with E-state index >= 15 is 0 Å². The van der Waals surface area contributed by atoms with Crippen molar-refractivity contribution in [3.63, 3.8) is 0 Å². The minimum Gasteiger partial charge on any atom is -0.367 e. The molecule has 3 rings (SSSR count). The number of anilines is 2. The van der Waals surface area contributed by atoms with Gasteiger partial charge in [-0.15, -0.1) is 0 Å². The summed E-state index contributed by atoms with van der Waals surface area (Å²) < 4.78 is 0. The average Bonchev–Trinajstić information content (AvgIpc) is 3.20. The van der Waals surface area contributed by atoms with Crippen LogP contribution in [0.25, 0.3) is 10.9 Å². The fourth-order valence-electron chi connectivity index (χ4n) is 1.92. The van der Waals surface area contributed by atoms with Crippen molar-refractivity contribution in [1.29, 1.82) is 0 Å². The van der Waals surface area contributed by atoms with E-state index < -0.39 is 0 Å². The third kappa shape index (κ3) is 2.37. The molecule has 1 heterocycles. The Morgan fingerprint density at radius 3 is 2.83 bits per heavy atom. The van der Waals surface area contributed by atoms with Crippen LogP contribution in [0, 0.1) is 0 Å². The minimum atomic E-state index is 0.599. The lowest BCUT2D eigenvalue weighted by atomic mass is 10.2. The predicted molar refractivity (Wildman–Crippen MR) is 75.0 cm³/mol. The zero-order valence-corrected chi connectivity index (χ0v) is 10.6. The van der Waals surface area contributed by atoms with Crippen LogP contribution in [0.5, 0.6) is 0 Å². The van der Waals surface area contributed by atoms with Crippen LogP contribution in [0.15, 0.2) is 24.3 Å². The summed E-state index contributed by atoms with van der Waals surface area (Å²) in [5.41, 5.74) is 0.995. The van der Waals surface area contributed by atoms with Crippen LogP contribution in [-0.4, -0.2) is 22.6 Å². The topological polar surface area (TPSA) is 49.8 Å². The Morgan fingerprint density at radius 1 is 1.22 bits per heavy atom. The first kappa shape index (κ1) is 11.3. The number of nitrogens with zero attached hydrogens (tertiary/aromatic N) is 2. The lowest BCUT2D eigenvalue weighted by molar-refractivity contribution is 0.955. The van der Waals surface area contributed by atoms with Gasteiger partial charge < -0.3 is 10.6 Å². The molecule has 18 heavy (non-hydrogen) atoms. The average molecular weight is 242 g/mol. The summed E-state index contributed by atoms with van der Waals surface area (Å²) in [5, 5.41) is 7.85. The monoisotopic (exact) mass is 242 g/mol. The zero-order chi connectivity index (χ0) is 12.4. The molecule has 1 aliphatic rings. The molecule has 1 aliphatic carbocycles. The van der Waals surface area contributed by atoms with Crippen LogP contribution in [0.4, 0.5) is 11.8 Å². The Bertz CT molecular complexity index is 548. The van der Waals surface area contributed by atoms with E-state index in [9.17, 15) is 0 Å². The second-order valence-electron chi connectivity index (χ2n) is 4.76. The molecule has 0 aliphatic heterocycles. The van der Waals surface area contributed by atoms with Crippen molar-refractivity contribution in [3.05, 3.63) is 24.3 Å². The fraction of sp³-hybridized carbons (Fsp3) is 0.429. The van der Waals surface area contributed by atoms with Gasteiger partial charge in [0.25, 0.3) is 0 Å². The highest BCUT2D eigenvalue weighted by atomic mass is 15.2. The normalized spacial score (nSPS) is 14.7. The number of benzene rings is 1. The first-order chi connectivity index (χ1) is 8.86. The van der Waals surface area contributed by atoms with Crippen molar-refractivity contribution in [2.75, 3.05) is 17.2 Å². The molecule has 0 atom stereocenters. The van der Waals surface area contributed by atoms with Gasteiger partial charge in [0, 0.05) is 18.0 Å². The summed E-state index contributed by atoms with van der Waals surface area (Å²) in [6.07, 6.45) is 3.56. The van der Waals surface area contributed by atoms with E-state index in [0.29, 0.717) is 6.04 Å². The molecule has 1 aromatic carbocycles. The summed E-state index contributed by atoms with van der Waals surface area (Å²) in [7, 11) is 0. The SMILES string of the molecule is CCCNc1nc(NC2CC2)c2ccccc2n1. The third-order valence-electron chi connectivity index (χ3n) is 3.05. The standard InChI is InChI=1S/C14H18N4/c1-2-9-15-14-17-12-6-4-3-5-11(12)13(18-14)16-10-7-8-10/h3-6,10H,2,7-9H2,1H3,(H2,15,16,17,18). The highest BCUT2D eigenvalue weighted by molar-refractivity contribution is 5.90. The number of nitrogens with one attached hydrogen (secondary N) is 2. The molecule has 0 amide bonds. The number of rotatable bonds is 5. The van der Waals surface area contributed by atoms with Crippen molar-refractivity contribution in [3.8, 4) is 0 Å². The Hall–Kier alpha value is -1.84. The van der Waals surface area contributed by atoms with Crippen LogP contribution >= 0.6 is 0 Å². The van der Waals surface area contributed by atoms with Crippen molar-refractivity contribution in [2.24, 2.45) is 0 Å². The van der Waals surface area contributed by atoms with E-state index in [0.717, 1.165) is 35.6 Å². The Labute approximate surface area is 107 Å². The molecule has 0 saturated heterocycles. The first-order valence-corrected chi connectivity index (χ1v) is 6.64. The maximum absolute atomic E-state index is 4.59. The molecule has 0 unspecified atom stereocenters. The third-order valence-corrected chi connectivity index (χ3v) is 3.05. The van der Waals surface area contributed by atoms with E-state index in [1.165, 1.54) is 12.8 Å². The lowest BCUT2D eigenvalue weighted by Gasteiger charge is -2.10. The van der Waals surface area contributed by atoms with Gasteiger partial charge in [-0.05, 0) is 31.4 Å². The van der Waals surface area contributed by atoms with Crippen LogP contribution in [-0.2, 0) is 0 Å². The van der Waals surface area contributed by atoms with Gasteiger partial charge in [-0.25, -0.2) is 4.98 Å². The Morgan fingerprint density at radius 2 is 2.06 bits per heavy atom. The molecule has 2 aromatic rings. The molecular formula is C14H18N4. The summed E-state index contributed by atoms with van der Waals surface area (Å²) in [4.78, 5) is 9.12. The molecule has 1 aromatic heterocycles. The van der Waals surface area contributed by atoms with Crippen molar-refractivity contribution in [2.45, 2.75) is 32.2 Å². The number of para-hydroxylation sites is 1. The Kier molecular flexibility index (Phi) is 3.00. The maximum atomic E-state index is 4.59. The quantitative estimate of drug-likeness (QED) is 0.846. The molecule has 0 radical (unpaired) electrons. The zero-order valence-electron chi connectivity index (χ0n) is 10.6. The summed E-state index contributed by atoms with van der Waals surface area (Å²) >= 11 is 0. The van der Waals surface area contributed by atoms with Crippen LogP contribution in [0.3, 0.4) is 0 Å². The molecule has 1 fully saturated rings. The van der Waals surface area contributed by atoms with Gasteiger partial charge in [0.2, 0.25) is 5.95 Å². The van der Waals surface area contributed by atoms with Gasteiger partial charge in [-0.3, -0.25) is 0 Å². The largest absolute Gasteiger partial charge is 0.367 e. The molecule has 0 bridgehead atoms. The number of fused-ring (bicyclic) bond motifs is 1. The van der Waals surface area contributed by atoms with Gasteiger partial charge in [0.1, 0.15) is 5.82 Å². The lowest BCUT2D eigenvalue weighted by Crippen LogP contribution is -2.09. The summed E-state index contributed by atoms with van der Waals surface area (Å²) in [5.74, 6) is 1.68. The van der Waals surface area contributed by atoms with Gasteiger partial charge >= 0.3 is 0 Å². The number of hydrogen-bond donors (Lipinski definition) is 2. The second-order valence-corrected chi connectivity index (χ2v) is 4.76.